The Balaban J connectivity index is 2.02. The number of halogens is 1. The Bertz CT molecular complexity index is 783. The number of nitrogens with zero attached hydrogens (tertiary/aromatic N) is 3. The summed E-state index contributed by atoms with van der Waals surface area (Å²) in [7, 11) is 0. The lowest BCUT2D eigenvalue weighted by atomic mass is 10.3. The van der Waals surface area contributed by atoms with Crippen molar-refractivity contribution in [2.75, 3.05) is 5.32 Å². The lowest BCUT2D eigenvalue weighted by molar-refractivity contribution is 0.0690. The van der Waals surface area contributed by atoms with Gasteiger partial charge in [-0.15, -0.1) is 0 Å². The van der Waals surface area contributed by atoms with Crippen LogP contribution in [0.15, 0.2) is 47.1 Å². The summed E-state index contributed by atoms with van der Waals surface area (Å²) in [5.74, 6) is -0.435. The van der Waals surface area contributed by atoms with E-state index in [2.05, 4.69) is 31.3 Å². The maximum atomic E-state index is 10.9. The minimum Gasteiger partial charge on any atom is -0.476 e. The average molecular weight is 333 g/mol. The number of benzene rings is 1. The van der Waals surface area contributed by atoms with E-state index >= 15 is 0 Å². The average Bonchev–Trinajstić information content (AvgIpc) is 2.87. The summed E-state index contributed by atoms with van der Waals surface area (Å²) in [5, 5.41) is 16.1. The van der Waals surface area contributed by atoms with Gasteiger partial charge in [0.2, 0.25) is 0 Å². The van der Waals surface area contributed by atoms with Gasteiger partial charge in [0, 0.05) is 22.4 Å². The predicted molar refractivity (Wildman–Crippen MR) is 77.4 cm³/mol. The maximum absolute atomic E-state index is 10.9. The van der Waals surface area contributed by atoms with Gasteiger partial charge in [-0.2, -0.15) is 9.61 Å². The fourth-order valence-corrected chi connectivity index (χ4v) is 2.04. The van der Waals surface area contributed by atoms with Crippen LogP contribution in [0, 0.1) is 0 Å². The molecular formula is C13H9BrN4O2. The number of aromatic carboxylic acids is 1. The molecule has 0 unspecified atom stereocenters. The molecular weight excluding hydrogens is 324 g/mol. The molecule has 2 aromatic heterocycles. The van der Waals surface area contributed by atoms with Gasteiger partial charge in [-0.3, -0.25) is 0 Å². The van der Waals surface area contributed by atoms with Crippen molar-refractivity contribution in [2.24, 2.45) is 0 Å². The Kier molecular flexibility index (Phi) is 3.11. The molecule has 2 N–H and O–H groups in total. The second-order valence-electron chi connectivity index (χ2n) is 4.07. The van der Waals surface area contributed by atoms with Crippen LogP contribution in [0.5, 0.6) is 0 Å². The number of carbonyl (C=O) groups is 1. The van der Waals surface area contributed by atoms with E-state index in [1.54, 1.807) is 12.3 Å². The van der Waals surface area contributed by atoms with E-state index in [0.717, 1.165) is 10.2 Å². The molecule has 0 aliphatic carbocycles. The third kappa shape index (κ3) is 2.35. The van der Waals surface area contributed by atoms with E-state index in [9.17, 15) is 4.79 Å². The Morgan fingerprint density at radius 1 is 1.25 bits per heavy atom. The molecule has 0 aliphatic rings. The molecule has 0 saturated heterocycles. The van der Waals surface area contributed by atoms with Crippen LogP contribution in [0.3, 0.4) is 0 Å². The molecule has 20 heavy (non-hydrogen) atoms. The zero-order chi connectivity index (χ0) is 14.1. The minimum absolute atomic E-state index is 0.0393. The molecule has 0 bridgehead atoms. The van der Waals surface area contributed by atoms with Gasteiger partial charge < -0.3 is 10.4 Å². The SMILES string of the molecule is O=C(O)c1cc2nccc(Nc3ccc(Br)cc3)n2n1. The highest BCUT2D eigenvalue weighted by molar-refractivity contribution is 9.10. The molecule has 0 atom stereocenters. The number of fused-ring (bicyclic) bond motifs is 1. The molecule has 0 aliphatic heterocycles. The molecule has 2 heterocycles. The van der Waals surface area contributed by atoms with Crippen molar-refractivity contribution in [3.63, 3.8) is 0 Å². The molecule has 0 spiro atoms. The molecule has 0 amide bonds. The van der Waals surface area contributed by atoms with Gasteiger partial charge >= 0.3 is 5.97 Å². The number of rotatable bonds is 3. The summed E-state index contributed by atoms with van der Waals surface area (Å²) in [6, 6.07) is 10.8. The summed E-state index contributed by atoms with van der Waals surface area (Å²) in [5.41, 5.74) is 1.31. The van der Waals surface area contributed by atoms with Crippen LogP contribution in [-0.4, -0.2) is 25.7 Å². The summed E-state index contributed by atoms with van der Waals surface area (Å²) >= 11 is 3.37. The highest BCUT2D eigenvalue weighted by Gasteiger charge is 2.11. The van der Waals surface area contributed by atoms with Crippen molar-refractivity contribution in [1.29, 1.82) is 0 Å². The van der Waals surface area contributed by atoms with E-state index in [4.69, 9.17) is 5.11 Å². The van der Waals surface area contributed by atoms with Crippen LogP contribution >= 0.6 is 15.9 Å². The molecule has 6 nitrogen and oxygen atoms in total. The predicted octanol–water partition coefficient (Wildman–Crippen LogP) is 2.93. The number of hydrogen-bond donors (Lipinski definition) is 2. The highest BCUT2D eigenvalue weighted by Crippen LogP contribution is 2.19. The fraction of sp³-hybridized carbons (Fsp3) is 0. The first-order valence-corrected chi connectivity index (χ1v) is 6.53. The third-order valence-corrected chi connectivity index (χ3v) is 3.22. The summed E-state index contributed by atoms with van der Waals surface area (Å²) < 4.78 is 2.45. The van der Waals surface area contributed by atoms with Crippen LogP contribution < -0.4 is 5.32 Å². The van der Waals surface area contributed by atoms with Gasteiger partial charge in [0.25, 0.3) is 0 Å². The number of aromatic nitrogens is 3. The lowest BCUT2D eigenvalue weighted by Crippen LogP contribution is -2.02. The van der Waals surface area contributed by atoms with Crippen LogP contribution in [0.1, 0.15) is 10.5 Å². The van der Waals surface area contributed by atoms with Crippen LogP contribution in [0.25, 0.3) is 5.65 Å². The van der Waals surface area contributed by atoms with Crippen molar-refractivity contribution in [2.45, 2.75) is 0 Å². The number of nitrogens with one attached hydrogen (secondary N) is 1. The highest BCUT2D eigenvalue weighted by atomic mass is 79.9. The van der Waals surface area contributed by atoms with Gasteiger partial charge in [-0.25, -0.2) is 9.78 Å². The minimum atomic E-state index is -1.08. The second-order valence-corrected chi connectivity index (χ2v) is 4.98. The first-order chi connectivity index (χ1) is 9.63. The third-order valence-electron chi connectivity index (χ3n) is 2.69. The first kappa shape index (κ1) is 12.6. The molecule has 7 heteroatoms. The summed E-state index contributed by atoms with van der Waals surface area (Å²) in [6.45, 7) is 0. The van der Waals surface area contributed by atoms with Crippen molar-refractivity contribution in [3.05, 3.63) is 52.8 Å². The Morgan fingerprint density at radius 3 is 2.70 bits per heavy atom. The Labute approximate surface area is 122 Å². The molecule has 0 saturated carbocycles. The molecule has 3 aromatic rings. The zero-order valence-electron chi connectivity index (χ0n) is 10.1. The second kappa shape index (κ2) is 4.93. The van der Waals surface area contributed by atoms with Crippen LogP contribution in [0.4, 0.5) is 11.5 Å². The van der Waals surface area contributed by atoms with Gasteiger partial charge in [0.05, 0.1) is 0 Å². The van der Waals surface area contributed by atoms with E-state index in [-0.39, 0.29) is 5.69 Å². The molecule has 0 fully saturated rings. The molecule has 1 aromatic carbocycles. The van der Waals surface area contributed by atoms with E-state index < -0.39 is 5.97 Å². The Morgan fingerprint density at radius 2 is 2.00 bits per heavy atom. The number of carboxylic acid groups (broad SMARTS) is 1. The number of hydrogen-bond acceptors (Lipinski definition) is 4. The van der Waals surface area contributed by atoms with E-state index in [1.165, 1.54) is 10.6 Å². The normalized spacial score (nSPS) is 10.7. The van der Waals surface area contributed by atoms with Crippen molar-refractivity contribution in [1.82, 2.24) is 14.6 Å². The van der Waals surface area contributed by atoms with Gasteiger partial charge in [0.1, 0.15) is 5.82 Å². The first-order valence-electron chi connectivity index (χ1n) is 5.74. The summed E-state index contributed by atoms with van der Waals surface area (Å²) in [6.07, 6.45) is 1.60. The summed E-state index contributed by atoms with van der Waals surface area (Å²) in [4.78, 5) is 15.0. The molecule has 100 valence electrons. The van der Waals surface area contributed by atoms with Crippen LogP contribution in [0.2, 0.25) is 0 Å². The van der Waals surface area contributed by atoms with Crippen molar-refractivity contribution in [3.8, 4) is 0 Å². The zero-order valence-corrected chi connectivity index (χ0v) is 11.7. The van der Waals surface area contributed by atoms with Crippen LogP contribution in [-0.2, 0) is 0 Å². The number of anilines is 2. The van der Waals surface area contributed by atoms with Crippen molar-refractivity contribution < 1.29 is 9.90 Å². The smallest absolute Gasteiger partial charge is 0.356 e. The standard InChI is InChI=1S/C13H9BrN4O2/c14-8-1-3-9(4-2-8)16-11-5-6-15-12-7-10(13(19)20)17-18(11)12/h1-7,16H,(H,19,20). The van der Waals surface area contributed by atoms with Gasteiger partial charge in [-0.1, -0.05) is 15.9 Å². The molecule has 0 radical (unpaired) electrons. The monoisotopic (exact) mass is 332 g/mol. The number of carboxylic acids is 1. The topological polar surface area (TPSA) is 79.5 Å². The lowest BCUT2D eigenvalue weighted by Gasteiger charge is -2.07. The Hall–Kier alpha value is -2.41. The quantitative estimate of drug-likeness (QED) is 0.770. The van der Waals surface area contributed by atoms with E-state index in [0.29, 0.717) is 11.5 Å². The van der Waals surface area contributed by atoms with Gasteiger partial charge in [-0.05, 0) is 30.3 Å². The van der Waals surface area contributed by atoms with E-state index in [1.807, 2.05) is 24.3 Å². The molecule has 3 rings (SSSR count). The maximum Gasteiger partial charge on any atom is 0.356 e. The van der Waals surface area contributed by atoms with Crippen molar-refractivity contribution >= 4 is 39.1 Å². The van der Waals surface area contributed by atoms with Gasteiger partial charge in [0.15, 0.2) is 11.3 Å². The fourth-order valence-electron chi connectivity index (χ4n) is 1.78. The largest absolute Gasteiger partial charge is 0.476 e.